The van der Waals surface area contributed by atoms with Gasteiger partial charge in [0.2, 0.25) is 5.91 Å². The van der Waals surface area contributed by atoms with Crippen LogP contribution < -0.4 is 14.8 Å². The van der Waals surface area contributed by atoms with Gasteiger partial charge in [-0.15, -0.1) is 0 Å². The first kappa shape index (κ1) is 17.8. The molecule has 120 valence electrons. The van der Waals surface area contributed by atoms with Crippen molar-refractivity contribution in [3.05, 3.63) is 48.1 Å². The third-order valence-corrected chi connectivity index (χ3v) is 2.94. The lowest BCUT2D eigenvalue weighted by Gasteiger charge is -2.10. The van der Waals surface area contributed by atoms with Gasteiger partial charge in [0, 0.05) is 19.0 Å². The van der Waals surface area contributed by atoms with Gasteiger partial charge in [0.1, 0.15) is 0 Å². The van der Waals surface area contributed by atoms with Gasteiger partial charge in [0.15, 0.2) is 11.5 Å². The molecule has 22 heavy (non-hydrogen) atoms. The number of rotatable bonds is 8. The number of aliphatic hydroxyl groups is 1. The molecule has 0 aliphatic heterocycles. The predicted octanol–water partition coefficient (Wildman–Crippen LogP) is 1.86. The molecule has 1 aromatic rings. The molecule has 5 heteroatoms. The number of likely N-dealkylation sites (N-methyl/N-ethyl adjacent to an activating group) is 1. The van der Waals surface area contributed by atoms with E-state index in [1.54, 1.807) is 38.5 Å². The highest BCUT2D eigenvalue weighted by Crippen LogP contribution is 2.27. The second-order valence-corrected chi connectivity index (χ2v) is 4.60. The standard InChI is InChI=1S/C17H23NO4/c1-4-18-17(20)8-6-5-7-14(19)11-13-9-10-15(21-2)16(12-13)22-3/h5-10,12,14,19H,4,11H2,1-3H3,(H,18,20)/b7-5+,8-6+/t14-/m0/s1. The normalized spacial score (nSPS) is 12.5. The summed E-state index contributed by atoms with van der Waals surface area (Å²) in [5, 5.41) is 12.6. The Bertz CT molecular complexity index is 537. The fraction of sp³-hybridized carbons (Fsp3) is 0.353. The van der Waals surface area contributed by atoms with Crippen LogP contribution in [0.15, 0.2) is 42.5 Å². The Morgan fingerprint density at radius 3 is 2.64 bits per heavy atom. The zero-order valence-corrected chi connectivity index (χ0v) is 13.2. The number of methoxy groups -OCH3 is 2. The van der Waals surface area contributed by atoms with E-state index in [9.17, 15) is 9.90 Å². The van der Waals surface area contributed by atoms with Crippen LogP contribution in [0.1, 0.15) is 12.5 Å². The average Bonchev–Trinajstić information content (AvgIpc) is 2.51. The number of allylic oxidation sites excluding steroid dienone is 2. The number of ether oxygens (including phenoxy) is 2. The van der Waals surface area contributed by atoms with Crippen LogP contribution >= 0.6 is 0 Å². The molecular formula is C17H23NO4. The maximum atomic E-state index is 11.2. The number of nitrogens with one attached hydrogen (secondary N) is 1. The van der Waals surface area contributed by atoms with E-state index in [0.29, 0.717) is 24.5 Å². The van der Waals surface area contributed by atoms with E-state index in [1.807, 2.05) is 19.1 Å². The summed E-state index contributed by atoms with van der Waals surface area (Å²) in [5.74, 6) is 1.13. The molecule has 0 spiro atoms. The van der Waals surface area contributed by atoms with E-state index < -0.39 is 6.10 Å². The molecule has 0 saturated heterocycles. The first-order chi connectivity index (χ1) is 10.6. The van der Waals surface area contributed by atoms with Crippen molar-refractivity contribution in [1.82, 2.24) is 5.32 Å². The van der Waals surface area contributed by atoms with Crippen molar-refractivity contribution in [2.75, 3.05) is 20.8 Å². The van der Waals surface area contributed by atoms with Crippen LogP contribution in [0.2, 0.25) is 0 Å². The summed E-state index contributed by atoms with van der Waals surface area (Å²) in [5.41, 5.74) is 0.933. The van der Waals surface area contributed by atoms with Crippen LogP contribution in [-0.4, -0.2) is 37.9 Å². The predicted molar refractivity (Wildman–Crippen MR) is 86.2 cm³/mol. The SMILES string of the molecule is CCNC(=O)/C=C/C=C/[C@H](O)Cc1ccc(OC)c(OC)c1. The lowest BCUT2D eigenvalue weighted by atomic mass is 10.1. The minimum Gasteiger partial charge on any atom is -0.493 e. The molecule has 0 aliphatic carbocycles. The van der Waals surface area contributed by atoms with Crippen LogP contribution in [-0.2, 0) is 11.2 Å². The fourth-order valence-corrected chi connectivity index (χ4v) is 1.89. The van der Waals surface area contributed by atoms with E-state index in [2.05, 4.69) is 5.32 Å². The van der Waals surface area contributed by atoms with Crippen LogP contribution in [0.5, 0.6) is 11.5 Å². The molecule has 1 amide bonds. The summed E-state index contributed by atoms with van der Waals surface area (Å²) in [6, 6.07) is 5.52. The van der Waals surface area contributed by atoms with Gasteiger partial charge in [-0.1, -0.05) is 24.3 Å². The maximum Gasteiger partial charge on any atom is 0.243 e. The Morgan fingerprint density at radius 2 is 2.00 bits per heavy atom. The molecule has 1 aromatic carbocycles. The number of carbonyl (C=O) groups excluding carboxylic acids is 1. The monoisotopic (exact) mass is 305 g/mol. The van der Waals surface area contributed by atoms with Crippen molar-refractivity contribution in [3.63, 3.8) is 0 Å². The maximum absolute atomic E-state index is 11.2. The highest BCUT2D eigenvalue weighted by Gasteiger charge is 2.07. The molecule has 1 rings (SSSR count). The van der Waals surface area contributed by atoms with Crippen molar-refractivity contribution < 1.29 is 19.4 Å². The van der Waals surface area contributed by atoms with Gasteiger partial charge in [-0.2, -0.15) is 0 Å². The third-order valence-electron chi connectivity index (χ3n) is 2.94. The van der Waals surface area contributed by atoms with Gasteiger partial charge >= 0.3 is 0 Å². The van der Waals surface area contributed by atoms with Crippen molar-refractivity contribution in [1.29, 1.82) is 0 Å². The minimum atomic E-state index is -0.642. The summed E-state index contributed by atoms with van der Waals surface area (Å²) >= 11 is 0. The van der Waals surface area contributed by atoms with E-state index in [4.69, 9.17) is 9.47 Å². The Labute approximate surface area is 131 Å². The van der Waals surface area contributed by atoms with E-state index in [-0.39, 0.29) is 5.91 Å². The third kappa shape index (κ3) is 6.01. The Balaban J connectivity index is 2.58. The molecular weight excluding hydrogens is 282 g/mol. The number of carbonyl (C=O) groups is 1. The van der Waals surface area contributed by atoms with Crippen molar-refractivity contribution in [2.24, 2.45) is 0 Å². The molecule has 2 N–H and O–H groups in total. The smallest absolute Gasteiger partial charge is 0.243 e. The summed E-state index contributed by atoms with van der Waals surface area (Å²) in [7, 11) is 3.15. The molecule has 0 saturated carbocycles. The average molecular weight is 305 g/mol. The molecule has 0 unspecified atom stereocenters. The highest BCUT2D eigenvalue weighted by molar-refractivity contribution is 5.87. The number of hydrogen-bond donors (Lipinski definition) is 2. The van der Waals surface area contributed by atoms with Gasteiger partial charge in [-0.05, 0) is 24.6 Å². The fourth-order valence-electron chi connectivity index (χ4n) is 1.89. The summed E-state index contributed by atoms with van der Waals surface area (Å²) < 4.78 is 10.4. The summed E-state index contributed by atoms with van der Waals surface area (Å²) in [4.78, 5) is 11.2. The first-order valence-corrected chi connectivity index (χ1v) is 7.12. The summed E-state index contributed by atoms with van der Waals surface area (Å²) in [6.07, 6.45) is 6.11. The molecule has 1 atom stereocenters. The Kier molecular flexibility index (Phi) is 7.78. The number of amides is 1. The second kappa shape index (κ2) is 9.63. The molecule has 0 radical (unpaired) electrons. The largest absolute Gasteiger partial charge is 0.493 e. The van der Waals surface area contributed by atoms with Gasteiger partial charge in [-0.25, -0.2) is 0 Å². The van der Waals surface area contributed by atoms with Crippen molar-refractivity contribution >= 4 is 5.91 Å². The van der Waals surface area contributed by atoms with Crippen molar-refractivity contribution in [3.8, 4) is 11.5 Å². The second-order valence-electron chi connectivity index (χ2n) is 4.60. The van der Waals surface area contributed by atoms with Crippen molar-refractivity contribution in [2.45, 2.75) is 19.4 Å². The van der Waals surface area contributed by atoms with Gasteiger partial charge in [0.25, 0.3) is 0 Å². The number of aliphatic hydroxyl groups excluding tert-OH is 1. The van der Waals surface area contributed by atoms with E-state index >= 15 is 0 Å². The van der Waals surface area contributed by atoms with Gasteiger partial charge < -0.3 is 19.9 Å². The lowest BCUT2D eigenvalue weighted by Crippen LogP contribution is -2.19. The van der Waals surface area contributed by atoms with E-state index in [0.717, 1.165) is 5.56 Å². The van der Waals surface area contributed by atoms with Crippen LogP contribution in [0, 0.1) is 0 Å². The first-order valence-electron chi connectivity index (χ1n) is 7.12. The zero-order valence-electron chi connectivity index (χ0n) is 13.2. The molecule has 0 aliphatic rings. The number of hydrogen-bond acceptors (Lipinski definition) is 4. The molecule has 5 nitrogen and oxygen atoms in total. The Hall–Kier alpha value is -2.27. The van der Waals surface area contributed by atoms with Crippen LogP contribution in [0.3, 0.4) is 0 Å². The molecule has 0 heterocycles. The Morgan fingerprint density at radius 1 is 1.27 bits per heavy atom. The lowest BCUT2D eigenvalue weighted by molar-refractivity contribution is -0.116. The van der Waals surface area contributed by atoms with Gasteiger partial charge in [0.05, 0.1) is 20.3 Å². The summed E-state index contributed by atoms with van der Waals surface area (Å²) in [6.45, 7) is 2.45. The molecule has 0 fully saturated rings. The minimum absolute atomic E-state index is 0.151. The van der Waals surface area contributed by atoms with E-state index in [1.165, 1.54) is 6.08 Å². The highest BCUT2D eigenvalue weighted by atomic mass is 16.5. The topological polar surface area (TPSA) is 67.8 Å². The van der Waals surface area contributed by atoms with Crippen LogP contribution in [0.25, 0.3) is 0 Å². The van der Waals surface area contributed by atoms with Crippen LogP contribution in [0.4, 0.5) is 0 Å². The molecule has 0 bridgehead atoms. The molecule has 0 aromatic heterocycles. The number of benzene rings is 1. The zero-order chi connectivity index (χ0) is 16.4. The van der Waals surface area contributed by atoms with Gasteiger partial charge in [-0.3, -0.25) is 4.79 Å². The quantitative estimate of drug-likeness (QED) is 0.568.